The number of amides is 3. The van der Waals surface area contributed by atoms with Gasteiger partial charge in [-0.05, 0) is 68.4 Å². The van der Waals surface area contributed by atoms with Gasteiger partial charge in [0.15, 0.2) is 5.69 Å². The minimum atomic E-state index is -0.551. The molecule has 1 saturated heterocycles. The van der Waals surface area contributed by atoms with E-state index < -0.39 is 6.04 Å². The number of nitrogens with two attached hydrogens (primary N) is 1. The number of benzene rings is 1. The van der Waals surface area contributed by atoms with Crippen LogP contribution >= 0.6 is 0 Å². The zero-order valence-corrected chi connectivity index (χ0v) is 21.3. The second-order valence-corrected chi connectivity index (χ2v) is 10.1. The average Bonchev–Trinajstić information content (AvgIpc) is 3.67. The highest BCUT2D eigenvalue weighted by Gasteiger charge is 2.33. The Morgan fingerprint density at radius 3 is 2.53 bits per heavy atom. The number of pyridine rings is 1. The summed E-state index contributed by atoms with van der Waals surface area (Å²) in [5, 5.41) is 9.99. The van der Waals surface area contributed by atoms with Gasteiger partial charge in [-0.25, -0.2) is 0 Å². The van der Waals surface area contributed by atoms with Crippen LogP contribution in [-0.4, -0.2) is 51.9 Å². The maximum atomic E-state index is 13.2. The molecule has 0 radical (unpaired) electrons. The van der Waals surface area contributed by atoms with Crippen molar-refractivity contribution in [2.45, 2.75) is 50.6 Å². The summed E-state index contributed by atoms with van der Waals surface area (Å²) in [4.78, 5) is 44.4. The van der Waals surface area contributed by atoms with Gasteiger partial charge in [0, 0.05) is 36.8 Å². The Hall–Kier alpha value is -4.05. The summed E-state index contributed by atoms with van der Waals surface area (Å²) in [5.41, 5.74) is 7.91. The Morgan fingerprint density at radius 1 is 1.05 bits per heavy atom. The van der Waals surface area contributed by atoms with E-state index in [-0.39, 0.29) is 35.4 Å². The van der Waals surface area contributed by atoms with Crippen LogP contribution in [0.2, 0.25) is 0 Å². The fraction of sp³-hybridized carbons (Fsp3) is 0.393. The van der Waals surface area contributed by atoms with E-state index in [2.05, 4.69) is 20.8 Å². The van der Waals surface area contributed by atoms with Crippen molar-refractivity contribution in [3.63, 3.8) is 0 Å². The highest BCUT2D eigenvalue weighted by molar-refractivity contribution is 6.04. The molecule has 38 heavy (non-hydrogen) atoms. The largest absolute Gasteiger partial charge is 0.360 e. The van der Waals surface area contributed by atoms with Crippen LogP contribution in [0, 0.1) is 5.92 Å². The number of carbonyl (C=O) groups excluding carboxylic acids is 3. The lowest BCUT2D eigenvalue weighted by atomic mass is 9.84. The molecule has 2 aliphatic rings. The number of rotatable bonds is 8. The van der Waals surface area contributed by atoms with Crippen LogP contribution < -0.4 is 16.4 Å². The van der Waals surface area contributed by atoms with Crippen molar-refractivity contribution < 1.29 is 18.9 Å². The number of likely N-dealkylation sites (tertiary alicyclic amines) is 1. The van der Waals surface area contributed by atoms with Crippen LogP contribution in [0.15, 0.2) is 59.4 Å². The van der Waals surface area contributed by atoms with Crippen LogP contribution in [0.25, 0.3) is 0 Å². The fourth-order valence-corrected chi connectivity index (χ4v) is 4.90. The highest BCUT2D eigenvalue weighted by Crippen LogP contribution is 2.40. The zero-order chi connectivity index (χ0) is 26.6. The van der Waals surface area contributed by atoms with Gasteiger partial charge in [-0.15, -0.1) is 0 Å². The minimum Gasteiger partial charge on any atom is -0.360 e. The molecular weight excluding hydrogens is 484 g/mol. The van der Waals surface area contributed by atoms with E-state index in [4.69, 9.17) is 10.3 Å². The monoisotopic (exact) mass is 516 g/mol. The lowest BCUT2D eigenvalue weighted by Gasteiger charge is -2.37. The Labute approximate surface area is 221 Å². The first kappa shape index (κ1) is 25.6. The number of nitrogens with zero attached hydrogens (tertiary/aromatic N) is 3. The van der Waals surface area contributed by atoms with E-state index in [1.807, 2.05) is 12.1 Å². The number of piperidine rings is 1. The predicted octanol–water partition coefficient (Wildman–Crippen LogP) is 3.26. The molecule has 3 heterocycles. The van der Waals surface area contributed by atoms with E-state index in [9.17, 15) is 14.4 Å². The van der Waals surface area contributed by atoms with Crippen molar-refractivity contribution in [1.82, 2.24) is 20.4 Å². The molecule has 1 aliphatic heterocycles. The first-order chi connectivity index (χ1) is 18.4. The van der Waals surface area contributed by atoms with Gasteiger partial charge in [0.2, 0.25) is 5.91 Å². The van der Waals surface area contributed by atoms with E-state index in [0.717, 1.165) is 24.2 Å². The summed E-state index contributed by atoms with van der Waals surface area (Å²) in [7, 11) is 0. The maximum absolute atomic E-state index is 13.2. The van der Waals surface area contributed by atoms with Crippen LogP contribution in [0.5, 0.6) is 0 Å². The molecule has 3 aromatic rings. The van der Waals surface area contributed by atoms with E-state index in [0.29, 0.717) is 43.1 Å². The molecule has 5 rings (SSSR count). The fourth-order valence-electron chi connectivity index (χ4n) is 4.90. The van der Waals surface area contributed by atoms with Gasteiger partial charge in [-0.2, -0.15) is 0 Å². The molecule has 2 unspecified atom stereocenters. The molecule has 2 fully saturated rings. The van der Waals surface area contributed by atoms with Crippen LogP contribution in [0.4, 0.5) is 5.69 Å². The third kappa shape index (κ3) is 5.91. The number of carbonyl (C=O) groups is 3. The number of hydrogen-bond donors (Lipinski definition) is 3. The lowest BCUT2D eigenvalue weighted by Crippen LogP contribution is -2.47. The van der Waals surface area contributed by atoms with Gasteiger partial charge in [0.05, 0.1) is 24.0 Å². The average molecular weight is 517 g/mol. The van der Waals surface area contributed by atoms with Crippen LogP contribution in [0.3, 0.4) is 0 Å². The first-order valence-corrected chi connectivity index (χ1v) is 13.0. The van der Waals surface area contributed by atoms with Gasteiger partial charge < -0.3 is 25.8 Å². The zero-order valence-electron chi connectivity index (χ0n) is 21.3. The Kier molecular flexibility index (Phi) is 7.50. The molecule has 2 atom stereocenters. The summed E-state index contributed by atoms with van der Waals surface area (Å²) in [6.45, 7) is 2.79. The van der Waals surface area contributed by atoms with Gasteiger partial charge in [0.1, 0.15) is 5.76 Å². The molecular formula is C28H32N6O4. The first-order valence-electron chi connectivity index (χ1n) is 13.0. The van der Waals surface area contributed by atoms with Crippen LogP contribution in [0.1, 0.15) is 76.7 Å². The molecule has 2 aromatic heterocycles. The molecule has 1 aromatic carbocycles. The topological polar surface area (TPSA) is 143 Å². The van der Waals surface area contributed by atoms with Gasteiger partial charge in [-0.3, -0.25) is 19.4 Å². The Morgan fingerprint density at radius 2 is 1.84 bits per heavy atom. The summed E-state index contributed by atoms with van der Waals surface area (Å²) in [6, 6.07) is 11.5. The lowest BCUT2D eigenvalue weighted by molar-refractivity contribution is -0.133. The second-order valence-electron chi connectivity index (χ2n) is 10.1. The van der Waals surface area contributed by atoms with Crippen molar-refractivity contribution in [2.24, 2.45) is 11.7 Å². The predicted molar refractivity (Wildman–Crippen MR) is 140 cm³/mol. The minimum absolute atomic E-state index is 0.0440. The van der Waals surface area contributed by atoms with E-state index in [1.165, 1.54) is 0 Å². The Balaban J connectivity index is 1.36. The van der Waals surface area contributed by atoms with E-state index >= 15 is 0 Å². The molecule has 3 amide bonds. The highest BCUT2D eigenvalue weighted by atomic mass is 16.5. The summed E-state index contributed by atoms with van der Waals surface area (Å²) in [5.74, 6) is 0.457. The number of anilines is 1. The second kappa shape index (κ2) is 11.1. The molecule has 4 N–H and O–H groups in total. The Bertz CT molecular complexity index is 1300. The number of aromatic nitrogens is 2. The summed E-state index contributed by atoms with van der Waals surface area (Å²) in [6.07, 6.45) is 6.68. The molecule has 1 aliphatic carbocycles. The van der Waals surface area contributed by atoms with Crippen LogP contribution in [-0.2, 0) is 4.79 Å². The normalized spacial score (nSPS) is 17.5. The van der Waals surface area contributed by atoms with Crippen molar-refractivity contribution in [3.05, 3.63) is 77.4 Å². The quantitative estimate of drug-likeness (QED) is 0.417. The van der Waals surface area contributed by atoms with Crippen molar-refractivity contribution in [2.75, 3.05) is 18.4 Å². The summed E-state index contributed by atoms with van der Waals surface area (Å²) < 4.78 is 5.39. The van der Waals surface area contributed by atoms with Gasteiger partial charge in [0.25, 0.3) is 11.8 Å². The number of nitrogens with one attached hydrogen (secondary N) is 2. The number of hydrogen-bond acceptors (Lipinski definition) is 7. The van der Waals surface area contributed by atoms with E-state index in [1.54, 1.807) is 54.5 Å². The smallest absolute Gasteiger partial charge is 0.273 e. The molecule has 1 saturated carbocycles. The third-order valence-corrected chi connectivity index (χ3v) is 7.17. The molecule has 198 valence electrons. The standard InChI is InChI=1S/C28H32N6O4/c1-17(29)28(37)34-12-9-19(10-13-34)25(32-27(36)23-15-24(38-33-23)18-7-8-18)20-4-2-5-21(14-20)26(35)31-22-6-3-11-30-16-22/h2-6,11,14-19,25H,7-10,12-13,29H2,1H3,(H,31,35)(H,32,36). The van der Waals surface area contributed by atoms with Crippen molar-refractivity contribution >= 4 is 23.4 Å². The molecule has 0 bridgehead atoms. The maximum Gasteiger partial charge on any atom is 0.273 e. The SMILES string of the molecule is CC(N)C(=O)N1CCC(C(NC(=O)c2cc(C3CC3)on2)c2cccc(C(=O)Nc3cccnc3)c2)CC1. The van der Waals surface area contributed by atoms with Gasteiger partial charge in [-0.1, -0.05) is 17.3 Å². The van der Waals surface area contributed by atoms with Gasteiger partial charge >= 0.3 is 0 Å². The molecule has 0 spiro atoms. The third-order valence-electron chi connectivity index (χ3n) is 7.17. The van der Waals surface area contributed by atoms with Crippen molar-refractivity contribution in [1.29, 1.82) is 0 Å². The molecule has 10 heteroatoms. The van der Waals surface area contributed by atoms with Crippen molar-refractivity contribution in [3.8, 4) is 0 Å². The summed E-state index contributed by atoms with van der Waals surface area (Å²) >= 11 is 0. The molecule has 10 nitrogen and oxygen atoms in total.